The fourth-order valence-electron chi connectivity index (χ4n) is 2.79. The van der Waals surface area contributed by atoms with Gasteiger partial charge in [0.1, 0.15) is 5.69 Å². The molecule has 0 aliphatic rings. The van der Waals surface area contributed by atoms with Gasteiger partial charge in [0.2, 0.25) is 0 Å². The summed E-state index contributed by atoms with van der Waals surface area (Å²) in [6.07, 6.45) is 1.42. The molecule has 1 unspecified atom stereocenters. The zero-order chi connectivity index (χ0) is 20.8. The molecule has 148 valence electrons. The van der Waals surface area contributed by atoms with Crippen molar-refractivity contribution in [3.63, 3.8) is 0 Å². The molecule has 1 aromatic heterocycles. The molecule has 7 heteroatoms. The molecule has 3 aromatic rings. The first kappa shape index (κ1) is 20.4. The fraction of sp³-hybridized carbons (Fsp3) is 0.136. The van der Waals surface area contributed by atoms with Gasteiger partial charge in [-0.25, -0.2) is 4.79 Å². The number of hydrogen-bond acceptors (Lipinski definition) is 4. The van der Waals surface area contributed by atoms with E-state index in [2.05, 4.69) is 10.3 Å². The maximum absolute atomic E-state index is 12.4. The van der Waals surface area contributed by atoms with Crippen molar-refractivity contribution in [3.8, 4) is 0 Å². The Morgan fingerprint density at radius 2 is 1.69 bits per heavy atom. The van der Waals surface area contributed by atoms with Crippen LogP contribution < -0.4 is 5.32 Å². The SMILES string of the molecule is CC(=O)c1c[nH]c(C(=O)OCC(=O)NC(c2ccccc2)c2ccc(Cl)cc2)c1. The first-order valence-electron chi connectivity index (χ1n) is 8.90. The highest BCUT2D eigenvalue weighted by atomic mass is 35.5. The van der Waals surface area contributed by atoms with Crippen LogP contribution in [0, 0.1) is 0 Å². The van der Waals surface area contributed by atoms with Crippen LogP contribution in [0.4, 0.5) is 0 Å². The molecule has 1 amide bonds. The van der Waals surface area contributed by atoms with Crippen LogP contribution in [-0.4, -0.2) is 29.3 Å². The summed E-state index contributed by atoms with van der Waals surface area (Å²) in [6.45, 7) is 0.941. The topological polar surface area (TPSA) is 88.3 Å². The number of H-pyrrole nitrogens is 1. The number of ether oxygens (including phenoxy) is 1. The summed E-state index contributed by atoms with van der Waals surface area (Å²) in [5, 5.41) is 3.47. The minimum absolute atomic E-state index is 0.111. The lowest BCUT2D eigenvalue weighted by Gasteiger charge is -2.20. The number of amides is 1. The van der Waals surface area contributed by atoms with Crippen molar-refractivity contribution in [1.82, 2.24) is 10.3 Å². The van der Waals surface area contributed by atoms with Gasteiger partial charge in [0.05, 0.1) is 6.04 Å². The minimum atomic E-state index is -0.713. The van der Waals surface area contributed by atoms with Crippen molar-refractivity contribution in [3.05, 3.63) is 94.3 Å². The van der Waals surface area contributed by atoms with Crippen LogP contribution in [0.2, 0.25) is 5.02 Å². The Kier molecular flexibility index (Phi) is 6.46. The summed E-state index contributed by atoms with van der Waals surface area (Å²) in [7, 11) is 0. The van der Waals surface area contributed by atoms with Gasteiger partial charge in [-0.2, -0.15) is 0 Å². The molecule has 1 atom stereocenters. The van der Waals surface area contributed by atoms with Gasteiger partial charge in [-0.1, -0.05) is 54.1 Å². The Bertz CT molecular complexity index is 1010. The van der Waals surface area contributed by atoms with E-state index in [-0.39, 0.29) is 11.5 Å². The lowest BCUT2D eigenvalue weighted by atomic mass is 9.99. The zero-order valence-corrected chi connectivity index (χ0v) is 16.4. The van der Waals surface area contributed by atoms with Crippen LogP contribution in [-0.2, 0) is 9.53 Å². The third kappa shape index (κ3) is 5.33. The number of carbonyl (C=O) groups is 3. The van der Waals surface area contributed by atoms with E-state index in [0.29, 0.717) is 10.6 Å². The van der Waals surface area contributed by atoms with E-state index in [9.17, 15) is 14.4 Å². The van der Waals surface area contributed by atoms with Crippen LogP contribution in [0.1, 0.15) is 44.9 Å². The zero-order valence-electron chi connectivity index (χ0n) is 15.6. The number of esters is 1. The molecule has 2 N–H and O–H groups in total. The number of nitrogens with one attached hydrogen (secondary N) is 2. The van der Waals surface area contributed by atoms with Crippen LogP contribution >= 0.6 is 11.6 Å². The second-order valence-electron chi connectivity index (χ2n) is 6.40. The monoisotopic (exact) mass is 410 g/mol. The van der Waals surface area contributed by atoms with E-state index in [1.165, 1.54) is 19.2 Å². The fourth-order valence-corrected chi connectivity index (χ4v) is 2.91. The molecule has 0 bridgehead atoms. The van der Waals surface area contributed by atoms with Gasteiger partial charge in [-0.05, 0) is 36.2 Å². The Balaban J connectivity index is 1.67. The number of hydrogen-bond donors (Lipinski definition) is 2. The van der Waals surface area contributed by atoms with Crippen LogP contribution in [0.15, 0.2) is 66.9 Å². The van der Waals surface area contributed by atoms with Crippen molar-refractivity contribution >= 4 is 29.3 Å². The third-order valence-electron chi connectivity index (χ3n) is 4.29. The first-order valence-corrected chi connectivity index (χ1v) is 9.28. The van der Waals surface area contributed by atoms with Crippen molar-refractivity contribution in [1.29, 1.82) is 0 Å². The molecular formula is C22H19ClN2O4. The van der Waals surface area contributed by atoms with Gasteiger partial charge in [0.15, 0.2) is 12.4 Å². The van der Waals surface area contributed by atoms with Crippen molar-refractivity contribution in [2.75, 3.05) is 6.61 Å². The van der Waals surface area contributed by atoms with E-state index >= 15 is 0 Å². The standard InChI is InChI=1S/C22H19ClN2O4/c1-14(26)17-11-19(24-12-17)22(28)29-13-20(27)25-21(15-5-3-2-4-6-15)16-7-9-18(23)10-8-16/h2-12,21,24H,13H2,1H3,(H,25,27). The summed E-state index contributed by atoms with van der Waals surface area (Å²) in [4.78, 5) is 38.5. The normalized spacial score (nSPS) is 11.5. The second-order valence-corrected chi connectivity index (χ2v) is 6.83. The van der Waals surface area contributed by atoms with Crippen LogP contribution in [0.25, 0.3) is 0 Å². The van der Waals surface area contributed by atoms with Gasteiger partial charge >= 0.3 is 5.97 Å². The molecule has 29 heavy (non-hydrogen) atoms. The number of Topliss-reactive ketones (excluding diaryl/α,β-unsaturated/α-hetero) is 1. The molecule has 0 saturated heterocycles. The highest BCUT2D eigenvalue weighted by molar-refractivity contribution is 6.30. The summed E-state index contributed by atoms with van der Waals surface area (Å²) in [5.74, 6) is -1.34. The number of aromatic amines is 1. The number of aromatic nitrogens is 1. The number of ketones is 1. The number of rotatable bonds is 7. The largest absolute Gasteiger partial charge is 0.451 e. The van der Waals surface area contributed by atoms with Gasteiger partial charge in [-0.15, -0.1) is 0 Å². The minimum Gasteiger partial charge on any atom is -0.451 e. The van der Waals surface area contributed by atoms with E-state index < -0.39 is 24.5 Å². The Hall–Kier alpha value is -3.38. The van der Waals surface area contributed by atoms with Gasteiger partial charge in [0.25, 0.3) is 5.91 Å². The smallest absolute Gasteiger partial charge is 0.355 e. The van der Waals surface area contributed by atoms with Crippen molar-refractivity contribution in [2.45, 2.75) is 13.0 Å². The molecule has 0 spiro atoms. The molecule has 0 fully saturated rings. The molecule has 0 aliphatic carbocycles. The maximum Gasteiger partial charge on any atom is 0.355 e. The average Bonchev–Trinajstić information content (AvgIpc) is 3.22. The quantitative estimate of drug-likeness (QED) is 0.456. The van der Waals surface area contributed by atoms with Gasteiger partial charge < -0.3 is 15.0 Å². The summed E-state index contributed by atoms with van der Waals surface area (Å²) < 4.78 is 5.06. The summed E-state index contributed by atoms with van der Waals surface area (Å²) in [5.41, 5.74) is 2.20. The molecule has 0 radical (unpaired) electrons. The van der Waals surface area contributed by atoms with Crippen LogP contribution in [0.3, 0.4) is 0 Å². The van der Waals surface area contributed by atoms with Gasteiger partial charge in [-0.3, -0.25) is 9.59 Å². The molecular weight excluding hydrogens is 392 g/mol. The highest BCUT2D eigenvalue weighted by Gasteiger charge is 2.19. The summed E-state index contributed by atoms with van der Waals surface area (Å²) in [6, 6.07) is 17.6. The molecule has 3 rings (SSSR count). The maximum atomic E-state index is 12.4. The van der Waals surface area contributed by atoms with Crippen LogP contribution in [0.5, 0.6) is 0 Å². The van der Waals surface area contributed by atoms with Crippen molar-refractivity contribution < 1.29 is 19.1 Å². The highest BCUT2D eigenvalue weighted by Crippen LogP contribution is 2.23. The molecule has 0 saturated carbocycles. The van der Waals surface area contributed by atoms with Crippen molar-refractivity contribution in [2.24, 2.45) is 0 Å². The number of halogens is 1. The summed E-state index contributed by atoms with van der Waals surface area (Å²) >= 11 is 5.96. The molecule has 0 aliphatic heterocycles. The number of carbonyl (C=O) groups excluding carboxylic acids is 3. The Labute approximate surface area is 172 Å². The van der Waals surface area contributed by atoms with E-state index in [4.69, 9.17) is 16.3 Å². The average molecular weight is 411 g/mol. The Morgan fingerprint density at radius 1 is 1.03 bits per heavy atom. The second kappa shape index (κ2) is 9.21. The molecule has 2 aromatic carbocycles. The first-order chi connectivity index (χ1) is 13.9. The molecule has 1 heterocycles. The predicted octanol–water partition coefficient (Wildman–Crippen LogP) is 3.93. The van der Waals surface area contributed by atoms with E-state index in [1.807, 2.05) is 42.5 Å². The third-order valence-corrected chi connectivity index (χ3v) is 4.54. The predicted molar refractivity (Wildman–Crippen MR) is 109 cm³/mol. The van der Waals surface area contributed by atoms with Gasteiger partial charge in [0, 0.05) is 16.8 Å². The lowest BCUT2D eigenvalue weighted by Crippen LogP contribution is -2.33. The number of benzene rings is 2. The van der Waals surface area contributed by atoms with E-state index in [0.717, 1.165) is 11.1 Å². The molecule has 6 nitrogen and oxygen atoms in total. The Morgan fingerprint density at radius 3 is 2.31 bits per heavy atom. The van der Waals surface area contributed by atoms with E-state index in [1.54, 1.807) is 12.1 Å². The lowest BCUT2D eigenvalue weighted by molar-refractivity contribution is -0.124.